The second-order valence-electron chi connectivity index (χ2n) is 4.28. The number of allylic oxidation sites excluding steroid dienone is 4. The first-order valence-corrected chi connectivity index (χ1v) is 7.99. The van der Waals surface area contributed by atoms with E-state index in [0.29, 0.717) is 0 Å². The Bertz CT molecular complexity index is 782. The number of hydrogen-bond acceptors (Lipinski definition) is 3. The number of nitrogens with two attached hydrogens (primary N) is 1. The highest BCUT2D eigenvalue weighted by atomic mass is 35.5. The molecule has 0 aliphatic heterocycles. The number of aromatic nitrogens is 1. The lowest BCUT2D eigenvalue weighted by Gasteiger charge is -2.27. The van der Waals surface area contributed by atoms with Gasteiger partial charge in [0, 0.05) is 29.3 Å². The van der Waals surface area contributed by atoms with Gasteiger partial charge in [0.2, 0.25) is 10.0 Å². The highest BCUT2D eigenvalue weighted by molar-refractivity contribution is 7.93. The van der Waals surface area contributed by atoms with E-state index in [1.54, 1.807) is 0 Å². The third kappa shape index (κ3) is 3.10. The Hall–Kier alpha value is -0.790. The van der Waals surface area contributed by atoms with E-state index in [-0.39, 0.29) is 27.1 Å². The summed E-state index contributed by atoms with van der Waals surface area (Å²) in [5, 5.41) is 5.32. The Labute approximate surface area is 130 Å². The smallest absolute Gasteiger partial charge is 0.234 e. The Kier molecular flexibility index (Phi) is 4.05. The number of rotatable bonds is 2. The zero-order chi connectivity index (χ0) is 15.1. The number of hydrogen-bond donors (Lipinski definition) is 2. The first kappa shape index (κ1) is 15.6. The van der Waals surface area contributed by atoms with Gasteiger partial charge < -0.3 is 4.98 Å². The average Bonchev–Trinajstić information content (AvgIpc) is 2.25. The molecule has 0 aromatic carbocycles. The molecule has 108 valence electrons. The molecule has 9 heteroatoms. The van der Waals surface area contributed by atoms with Gasteiger partial charge in [0.15, 0.2) is 5.43 Å². The molecule has 1 unspecified atom stereocenters. The molecule has 0 bridgehead atoms. The van der Waals surface area contributed by atoms with Crippen molar-refractivity contribution in [2.45, 2.75) is 11.3 Å². The normalized spacial score (nSPS) is 23.2. The van der Waals surface area contributed by atoms with E-state index < -0.39 is 20.3 Å². The van der Waals surface area contributed by atoms with Crippen molar-refractivity contribution in [1.29, 1.82) is 0 Å². The molecular weight excluding hydrogens is 347 g/mol. The summed E-state index contributed by atoms with van der Waals surface area (Å²) in [7, 11) is -3.95. The molecular formula is C11H9Cl3N2O3S. The van der Waals surface area contributed by atoms with Gasteiger partial charge in [-0.3, -0.25) is 4.79 Å². The molecule has 20 heavy (non-hydrogen) atoms. The molecule has 1 atom stereocenters. The lowest BCUT2D eigenvalue weighted by atomic mass is 9.92. The van der Waals surface area contributed by atoms with E-state index in [4.69, 9.17) is 39.9 Å². The third-order valence-electron chi connectivity index (χ3n) is 2.79. The maximum absolute atomic E-state index is 11.9. The first-order chi connectivity index (χ1) is 9.12. The summed E-state index contributed by atoms with van der Waals surface area (Å²) in [6.07, 6.45) is 3.75. The molecule has 1 aromatic heterocycles. The molecule has 1 aliphatic rings. The van der Waals surface area contributed by atoms with Gasteiger partial charge in [-0.15, -0.1) is 11.6 Å². The Balaban J connectivity index is 2.57. The van der Waals surface area contributed by atoms with Gasteiger partial charge in [0.1, 0.15) is 5.15 Å². The maximum Gasteiger partial charge on any atom is 0.234 e. The summed E-state index contributed by atoms with van der Waals surface area (Å²) in [5.74, 6) is 0. The van der Waals surface area contributed by atoms with Crippen LogP contribution in [0.5, 0.6) is 0 Å². The van der Waals surface area contributed by atoms with Crippen LogP contribution in [0.2, 0.25) is 5.15 Å². The highest BCUT2D eigenvalue weighted by Crippen LogP contribution is 2.41. The number of halogens is 3. The monoisotopic (exact) mass is 354 g/mol. The molecule has 0 fully saturated rings. The molecule has 2 rings (SSSR count). The van der Waals surface area contributed by atoms with Crippen LogP contribution >= 0.6 is 34.8 Å². The Morgan fingerprint density at radius 1 is 1.35 bits per heavy atom. The molecule has 1 aromatic rings. The molecule has 5 nitrogen and oxygen atoms in total. The summed E-state index contributed by atoms with van der Waals surface area (Å²) >= 11 is 17.9. The predicted octanol–water partition coefficient (Wildman–Crippen LogP) is 2.16. The van der Waals surface area contributed by atoms with Crippen LogP contribution in [0.25, 0.3) is 0 Å². The predicted molar refractivity (Wildman–Crippen MR) is 79.3 cm³/mol. The summed E-state index contributed by atoms with van der Waals surface area (Å²) in [6.45, 7) is 0. The standard InChI is InChI=1S/C11H9Cl3N2O3S/c12-6-1-7(20(15,18)19)4-11(14,3-6)8-5-16-10(13)2-9(8)17/h1-3,5H,4H2,(H,16,17)(H2,15,18,19). The van der Waals surface area contributed by atoms with Gasteiger partial charge in [0.05, 0.1) is 9.78 Å². The average molecular weight is 356 g/mol. The quantitative estimate of drug-likeness (QED) is 0.629. The SMILES string of the molecule is NS(=O)(=O)C1=CC(Cl)=CC(Cl)(c2c[nH]c(Cl)cc2=O)C1. The molecule has 0 radical (unpaired) electrons. The molecule has 0 amide bonds. The van der Waals surface area contributed by atoms with Crippen molar-refractivity contribution >= 4 is 44.8 Å². The van der Waals surface area contributed by atoms with Crippen molar-refractivity contribution in [2.75, 3.05) is 0 Å². The van der Waals surface area contributed by atoms with E-state index in [1.807, 2.05) is 0 Å². The summed E-state index contributed by atoms with van der Waals surface area (Å²) in [6, 6.07) is 1.15. The highest BCUT2D eigenvalue weighted by Gasteiger charge is 2.36. The van der Waals surface area contributed by atoms with Crippen molar-refractivity contribution in [2.24, 2.45) is 5.14 Å². The first-order valence-electron chi connectivity index (χ1n) is 5.31. The minimum absolute atomic E-state index is 0.0876. The van der Waals surface area contributed by atoms with Crippen molar-refractivity contribution < 1.29 is 8.42 Å². The van der Waals surface area contributed by atoms with Crippen LogP contribution in [-0.2, 0) is 14.9 Å². The van der Waals surface area contributed by atoms with Crippen LogP contribution in [0.15, 0.2) is 39.1 Å². The van der Waals surface area contributed by atoms with Crippen LogP contribution in [0.4, 0.5) is 0 Å². The van der Waals surface area contributed by atoms with Crippen molar-refractivity contribution in [3.63, 3.8) is 0 Å². The second-order valence-corrected chi connectivity index (χ2v) is 7.42. The van der Waals surface area contributed by atoms with Crippen LogP contribution in [0.3, 0.4) is 0 Å². The van der Waals surface area contributed by atoms with Crippen molar-refractivity contribution in [1.82, 2.24) is 4.98 Å². The van der Waals surface area contributed by atoms with Gasteiger partial charge in [0.25, 0.3) is 0 Å². The van der Waals surface area contributed by atoms with Crippen LogP contribution in [0.1, 0.15) is 12.0 Å². The lowest BCUT2D eigenvalue weighted by Crippen LogP contribution is -2.30. The number of primary sulfonamides is 1. The Morgan fingerprint density at radius 2 is 2.00 bits per heavy atom. The van der Waals surface area contributed by atoms with Gasteiger partial charge in [-0.1, -0.05) is 23.2 Å². The minimum Gasteiger partial charge on any atom is -0.352 e. The zero-order valence-electron chi connectivity index (χ0n) is 9.86. The zero-order valence-corrected chi connectivity index (χ0v) is 12.9. The van der Waals surface area contributed by atoms with Crippen LogP contribution in [-0.4, -0.2) is 13.4 Å². The fourth-order valence-electron chi connectivity index (χ4n) is 1.90. The van der Waals surface area contributed by atoms with Gasteiger partial charge >= 0.3 is 0 Å². The molecule has 3 N–H and O–H groups in total. The molecule has 0 saturated carbocycles. The number of pyridine rings is 1. The Morgan fingerprint density at radius 3 is 2.55 bits per heavy atom. The number of nitrogens with one attached hydrogen (secondary N) is 1. The maximum atomic E-state index is 11.9. The number of aromatic amines is 1. The minimum atomic E-state index is -3.95. The van der Waals surface area contributed by atoms with E-state index >= 15 is 0 Å². The number of H-pyrrole nitrogens is 1. The lowest BCUT2D eigenvalue weighted by molar-refractivity contribution is 0.597. The number of sulfonamides is 1. The van der Waals surface area contributed by atoms with Crippen molar-refractivity contribution in [3.8, 4) is 0 Å². The van der Waals surface area contributed by atoms with Gasteiger partial charge in [-0.25, -0.2) is 13.6 Å². The summed E-state index contributed by atoms with van der Waals surface area (Å²) < 4.78 is 22.9. The van der Waals surface area contributed by atoms with Crippen LogP contribution < -0.4 is 10.6 Å². The summed E-state index contributed by atoms with van der Waals surface area (Å²) in [5.41, 5.74) is -0.295. The van der Waals surface area contributed by atoms with E-state index in [1.165, 1.54) is 18.3 Å². The van der Waals surface area contributed by atoms with Gasteiger partial charge in [-0.2, -0.15) is 0 Å². The third-order valence-corrected chi connectivity index (χ3v) is 4.66. The molecule has 0 saturated heterocycles. The van der Waals surface area contributed by atoms with E-state index in [0.717, 1.165) is 6.07 Å². The molecule has 1 aliphatic carbocycles. The van der Waals surface area contributed by atoms with E-state index in [9.17, 15) is 13.2 Å². The fourth-order valence-corrected chi connectivity index (χ4v) is 3.70. The molecule has 1 heterocycles. The number of alkyl halides is 1. The van der Waals surface area contributed by atoms with E-state index in [2.05, 4.69) is 4.98 Å². The fraction of sp³-hybridized carbons (Fsp3) is 0.182. The second kappa shape index (κ2) is 5.20. The van der Waals surface area contributed by atoms with Crippen molar-refractivity contribution in [3.05, 3.63) is 55.3 Å². The summed E-state index contributed by atoms with van der Waals surface area (Å²) in [4.78, 5) is 13.0. The van der Waals surface area contributed by atoms with Gasteiger partial charge in [-0.05, 0) is 12.2 Å². The van der Waals surface area contributed by atoms with Crippen LogP contribution in [0, 0.1) is 0 Å². The molecule has 0 spiro atoms. The topological polar surface area (TPSA) is 93.0 Å². The largest absolute Gasteiger partial charge is 0.352 e.